The van der Waals surface area contributed by atoms with E-state index in [-0.39, 0.29) is 104 Å². The standard InChI is InChI=1S/C28H34N4O4.2C27H31FN4O4.C27H32N4O5/c1-16-12-17-8-6-7-9-19(17)23(16)30-25(34)18-10-11-21-20(13-18)24(28(4,36-21)15-35-5)32-22(33)14-27(2,3)31-26(32)29;2*1-3-27(4-2)14-23(34)32(26(29)31-27)20-9-10-36-22-8-6-16(11-19(20)22)25(35)30-24-18-13-17(28)7-5-15(18)12-21(24)33;1-4-27(2)13-22(33)31(26(28)30-27)24-18-11-16(9-10-20(18)36-14-21(24)35-3)25(34)29-23-17-8-6-5-7-15(17)12-19(23)32/h6-11,13,16,23-24H,12,14-15H2,1-5H3,(H2,29,31)(H,30,34);2*5-8,11,13,20-21,24,33H,3-4,9-10,12,14H2,1-2H3,(H2,29,31)(H,30,35);5-11,19,21,23-24,32H,4,12-14H2,1-3H3,(H2,28,30)(H,29,34)/t16-,23+,24?,28?;20-,21+,24+;20-,21-,24-;19-,21?,23-,24?,27-/m1111/s1. The van der Waals surface area contributed by atoms with Crippen LogP contribution < -0.4 is 63.1 Å². The van der Waals surface area contributed by atoms with Crippen LogP contribution >= 0.6 is 0 Å². The minimum Gasteiger partial charge on any atom is -0.493 e. The zero-order chi connectivity index (χ0) is 103. The van der Waals surface area contributed by atoms with E-state index in [4.69, 9.17) is 61.3 Å². The number of nitrogens with one attached hydrogen (secondary N) is 4. The minimum absolute atomic E-state index is 0.0542. The number of nitrogens with zero attached hydrogens (tertiary/aromatic N) is 8. The Balaban J connectivity index is 0.000000132. The van der Waals surface area contributed by atoms with Gasteiger partial charge in [-0.25, -0.2) is 28.8 Å². The van der Waals surface area contributed by atoms with Crippen molar-refractivity contribution in [2.24, 2.45) is 48.8 Å². The van der Waals surface area contributed by atoms with E-state index in [9.17, 15) is 62.5 Å². The second kappa shape index (κ2) is 40.8. The third-order valence-corrected chi connectivity index (χ3v) is 30.7. The number of methoxy groups -OCH3 is 2. The lowest BCUT2D eigenvalue weighted by Gasteiger charge is -2.43. The van der Waals surface area contributed by atoms with Gasteiger partial charge in [0.1, 0.15) is 53.4 Å². The van der Waals surface area contributed by atoms with Crippen LogP contribution in [0.2, 0.25) is 0 Å². The quantitative estimate of drug-likeness (QED) is 0.0337. The van der Waals surface area contributed by atoms with Gasteiger partial charge in [-0.1, -0.05) is 102 Å². The van der Waals surface area contributed by atoms with Crippen molar-refractivity contribution in [3.05, 3.63) is 258 Å². The smallest absolute Gasteiger partial charge is 0.251 e. The first-order valence-electron chi connectivity index (χ1n) is 49.6. The Morgan fingerprint density at radius 2 is 0.826 bits per heavy atom. The molecule has 0 spiro atoms. The molecule has 8 amide bonds. The number of fused-ring (bicyclic) bond motifs is 8. The van der Waals surface area contributed by atoms with E-state index in [0.717, 1.165) is 54.4 Å². The van der Waals surface area contributed by atoms with Crippen LogP contribution in [0, 0.1) is 17.6 Å². The summed E-state index contributed by atoms with van der Waals surface area (Å²) in [6.45, 7) is 21.0. The molecule has 760 valence electrons. The molecule has 8 aromatic rings. The van der Waals surface area contributed by atoms with E-state index in [1.165, 1.54) is 55.0 Å². The van der Waals surface area contributed by atoms with Crippen LogP contribution in [0.5, 0.6) is 23.0 Å². The highest BCUT2D eigenvalue weighted by molar-refractivity contribution is 6.04. The fourth-order valence-electron chi connectivity index (χ4n) is 22.5. The first-order chi connectivity index (χ1) is 68.8. The van der Waals surface area contributed by atoms with Crippen LogP contribution in [0.15, 0.2) is 178 Å². The van der Waals surface area contributed by atoms with E-state index in [2.05, 4.69) is 50.3 Å². The van der Waals surface area contributed by atoms with Crippen molar-refractivity contribution in [3.63, 3.8) is 0 Å². The molecule has 0 bridgehead atoms. The summed E-state index contributed by atoms with van der Waals surface area (Å²) in [5.41, 5.74) is 33.8. The molecule has 144 heavy (non-hydrogen) atoms. The Hall–Kier alpha value is -13.7. The van der Waals surface area contributed by atoms with Crippen molar-refractivity contribution in [1.29, 1.82) is 0 Å². The van der Waals surface area contributed by atoms with Gasteiger partial charge in [-0.2, -0.15) is 0 Å². The Bertz CT molecular complexity index is 6310. The van der Waals surface area contributed by atoms with E-state index in [1.54, 1.807) is 93.1 Å². The third kappa shape index (κ3) is 19.9. The van der Waals surface area contributed by atoms with Crippen molar-refractivity contribution in [1.82, 2.24) is 40.9 Å². The van der Waals surface area contributed by atoms with E-state index in [0.29, 0.717) is 136 Å². The summed E-state index contributed by atoms with van der Waals surface area (Å²) in [7, 11) is 3.14. The zero-order valence-corrected chi connectivity index (χ0v) is 83.2. The number of aliphatic hydroxyl groups excluding tert-OH is 3. The average Bonchev–Trinajstić information content (AvgIpc) is 1.57. The number of hydrogen-bond donors (Lipinski definition) is 11. The number of carbonyl (C=O) groups excluding carboxylic acids is 8. The average molecular weight is 1970 g/mol. The first-order valence-corrected chi connectivity index (χ1v) is 49.6. The molecule has 8 heterocycles. The Labute approximate surface area is 835 Å². The van der Waals surface area contributed by atoms with Crippen molar-refractivity contribution >= 4 is 71.1 Å². The maximum atomic E-state index is 13.8. The fraction of sp³-hybridized carbons (Fsp3) is 0.450. The first kappa shape index (κ1) is 102. The molecule has 15 atom stereocenters. The molecule has 8 aromatic carbocycles. The van der Waals surface area contributed by atoms with Crippen LogP contribution in [0.3, 0.4) is 0 Å². The second-order valence-corrected chi connectivity index (χ2v) is 40.6. The number of amides is 8. The van der Waals surface area contributed by atoms with Gasteiger partial charge in [0.25, 0.3) is 23.6 Å². The lowest BCUT2D eigenvalue weighted by Crippen LogP contribution is -2.57. The van der Waals surface area contributed by atoms with Gasteiger partial charge in [-0.05, 0) is 214 Å². The number of rotatable bonds is 20. The largest absolute Gasteiger partial charge is 0.493 e. The number of carbonyl (C=O) groups is 8. The number of halogens is 2. The van der Waals surface area contributed by atoms with Crippen LogP contribution in [-0.4, -0.2) is 199 Å². The molecule has 20 rings (SSSR count). The SMILES string of the molecule is CCC1(CC)CC(=O)N([C@@H]2CCOc3ccc(C(=O)N[C@@H]4c5cc(F)ccc5C[C@H]4O)cc32)C(N)=N1.CCC1(CC)CC(=O)N([C@@H]2CCOc3ccc(C(=O)N[C@H]4c5cc(F)ccc5C[C@@H]4O)cc32)C(N)=N1.CC[C@]1(C)CC(=O)N(C2c3cc(C(=O)N[C@@H]4c5ccccc5C[C@H]4O)ccc3OCC2OC)C(N)=N1.COCC1(C)Oc2ccc(C(=O)N[C@@H]3c4ccccc4C[C@H]3C)cc2C1N1C(=O)CC(C)(C)N=C1N. The number of nitrogens with two attached hydrogens (primary N) is 4. The summed E-state index contributed by atoms with van der Waals surface area (Å²) in [6, 6.07) is 41.2. The minimum atomic E-state index is -0.900. The molecular weight excluding hydrogens is 1840 g/mol. The van der Waals surface area contributed by atoms with Crippen molar-refractivity contribution in [3.8, 4) is 23.0 Å². The number of ether oxygens (including phenoxy) is 6. The van der Waals surface area contributed by atoms with Gasteiger partial charge >= 0.3 is 0 Å². The normalized spacial score (nSPS) is 26.6. The maximum Gasteiger partial charge on any atom is 0.251 e. The summed E-state index contributed by atoms with van der Waals surface area (Å²) >= 11 is 0. The monoisotopic (exact) mass is 1970 g/mol. The van der Waals surface area contributed by atoms with Gasteiger partial charge in [-0.3, -0.25) is 58.0 Å². The lowest BCUT2D eigenvalue weighted by atomic mass is 9.87. The van der Waals surface area contributed by atoms with Gasteiger partial charge in [0, 0.05) is 90.8 Å². The number of benzene rings is 8. The Morgan fingerprint density at radius 3 is 1.27 bits per heavy atom. The molecule has 0 fully saturated rings. The highest BCUT2D eigenvalue weighted by atomic mass is 19.1. The molecule has 0 saturated carbocycles. The van der Waals surface area contributed by atoms with Crippen LogP contribution in [0.1, 0.15) is 296 Å². The van der Waals surface area contributed by atoms with Crippen LogP contribution in [0.4, 0.5) is 8.78 Å². The molecule has 0 saturated heterocycles. The van der Waals surface area contributed by atoms with Gasteiger partial charge in [0.2, 0.25) is 23.6 Å². The lowest BCUT2D eigenvalue weighted by molar-refractivity contribution is -0.136. The molecule has 12 aliphatic rings. The number of aliphatic imine (C=N–C) groups is 4. The molecule has 0 radical (unpaired) electrons. The number of hydrogen-bond acceptors (Lipinski definition) is 25. The third-order valence-electron chi connectivity index (χ3n) is 30.7. The van der Waals surface area contributed by atoms with Crippen LogP contribution in [-0.2, 0) is 54.3 Å². The van der Waals surface area contributed by atoms with E-state index >= 15 is 0 Å². The highest BCUT2D eigenvalue weighted by Crippen LogP contribution is 2.51. The molecular formula is C109H128F2N16O17. The summed E-state index contributed by atoms with van der Waals surface area (Å²) in [6.07, 6.45) is 4.82. The highest BCUT2D eigenvalue weighted by Gasteiger charge is 2.55. The Morgan fingerprint density at radius 1 is 0.431 bits per heavy atom. The van der Waals surface area contributed by atoms with Gasteiger partial charge in [0.15, 0.2) is 29.4 Å². The molecule has 15 N–H and O–H groups in total. The van der Waals surface area contributed by atoms with E-state index in [1.807, 2.05) is 105 Å². The number of guanidine groups is 4. The molecule has 0 aromatic heterocycles. The summed E-state index contributed by atoms with van der Waals surface area (Å²) in [5.74, 6) is 0.652. The van der Waals surface area contributed by atoms with Crippen LogP contribution in [0.25, 0.3) is 0 Å². The maximum absolute atomic E-state index is 13.8. The Kier molecular flexibility index (Phi) is 28.8. The summed E-state index contributed by atoms with van der Waals surface area (Å²) in [5, 5.41) is 43.5. The fourth-order valence-corrected chi connectivity index (χ4v) is 22.5. The molecule has 35 heteroatoms. The molecule has 4 unspecified atom stereocenters. The predicted molar refractivity (Wildman–Crippen MR) is 534 cm³/mol. The predicted octanol–water partition coefficient (Wildman–Crippen LogP) is 12.0. The number of aliphatic hydroxyl groups is 3. The van der Waals surface area contributed by atoms with Crippen molar-refractivity contribution in [2.75, 3.05) is 40.6 Å². The summed E-state index contributed by atoms with van der Waals surface area (Å²) in [4.78, 5) is 131. The second-order valence-electron chi connectivity index (χ2n) is 40.6. The molecule has 8 aliphatic heterocycles. The topological polar surface area (TPSA) is 467 Å². The molecule has 33 nitrogen and oxygen atoms in total. The van der Waals surface area contributed by atoms with Crippen molar-refractivity contribution < 1.29 is 90.9 Å². The molecule has 4 aliphatic carbocycles. The van der Waals surface area contributed by atoms with Crippen molar-refractivity contribution in [2.45, 2.75) is 266 Å². The summed E-state index contributed by atoms with van der Waals surface area (Å²) < 4.78 is 62.7. The van der Waals surface area contributed by atoms with Gasteiger partial charge in [-0.15, -0.1) is 0 Å². The van der Waals surface area contributed by atoms with E-state index < -0.39 is 118 Å². The van der Waals surface area contributed by atoms with Gasteiger partial charge in [0.05, 0.1) is 128 Å². The van der Waals surface area contributed by atoms with Gasteiger partial charge < -0.3 is 87.9 Å². The zero-order valence-electron chi connectivity index (χ0n) is 83.2.